The van der Waals surface area contributed by atoms with Crippen molar-refractivity contribution in [3.63, 3.8) is 0 Å². The van der Waals surface area contributed by atoms with Gasteiger partial charge in [-0.15, -0.1) is 0 Å². The first kappa shape index (κ1) is 15.5. The number of likely N-dealkylation sites (tertiary alicyclic amines) is 1. The topological polar surface area (TPSA) is 29.3 Å². The minimum atomic E-state index is 0.180. The SMILES string of the molecule is Cc1ccccc1C(N)CCN1CCC(C(C)C)CC1. The molecule has 0 saturated carbocycles. The predicted octanol–water partition coefficient (Wildman–Crippen LogP) is 3.75. The lowest BCUT2D eigenvalue weighted by atomic mass is 9.86. The minimum Gasteiger partial charge on any atom is -0.324 e. The van der Waals surface area contributed by atoms with Crippen LogP contribution in [0, 0.1) is 18.8 Å². The maximum absolute atomic E-state index is 6.36. The lowest BCUT2D eigenvalue weighted by molar-refractivity contribution is 0.154. The van der Waals surface area contributed by atoms with Crippen LogP contribution in [-0.2, 0) is 0 Å². The molecule has 1 saturated heterocycles. The van der Waals surface area contributed by atoms with E-state index in [0.29, 0.717) is 0 Å². The molecule has 1 aromatic rings. The summed E-state index contributed by atoms with van der Waals surface area (Å²) in [5.41, 5.74) is 8.99. The molecule has 2 heteroatoms. The Bertz CT molecular complexity index is 406. The van der Waals surface area contributed by atoms with E-state index in [1.807, 2.05) is 0 Å². The van der Waals surface area contributed by atoms with Gasteiger partial charge in [-0.05, 0) is 68.8 Å². The summed E-state index contributed by atoms with van der Waals surface area (Å²) in [6.07, 6.45) is 3.78. The van der Waals surface area contributed by atoms with Gasteiger partial charge >= 0.3 is 0 Å². The van der Waals surface area contributed by atoms with Crippen LogP contribution in [0.2, 0.25) is 0 Å². The Morgan fingerprint density at radius 3 is 2.45 bits per heavy atom. The Kier molecular flexibility index (Phi) is 5.62. The summed E-state index contributed by atoms with van der Waals surface area (Å²) in [6, 6.07) is 8.69. The second-order valence-corrected chi connectivity index (χ2v) is 6.67. The molecule has 1 aliphatic heterocycles. The molecule has 2 N–H and O–H groups in total. The molecule has 1 fully saturated rings. The first-order chi connectivity index (χ1) is 9.58. The van der Waals surface area contributed by atoms with E-state index >= 15 is 0 Å². The van der Waals surface area contributed by atoms with E-state index in [0.717, 1.165) is 24.8 Å². The summed E-state index contributed by atoms with van der Waals surface area (Å²) >= 11 is 0. The van der Waals surface area contributed by atoms with Crippen LogP contribution in [0.4, 0.5) is 0 Å². The zero-order valence-electron chi connectivity index (χ0n) is 13.3. The molecular formula is C18H30N2. The third-order valence-electron chi connectivity index (χ3n) is 4.92. The standard InChI is InChI=1S/C18H30N2/c1-14(2)16-8-11-20(12-9-16)13-10-18(19)17-7-5-4-6-15(17)3/h4-7,14,16,18H,8-13,19H2,1-3H3. The Morgan fingerprint density at radius 2 is 1.85 bits per heavy atom. The summed E-state index contributed by atoms with van der Waals surface area (Å²) in [5.74, 6) is 1.77. The predicted molar refractivity (Wildman–Crippen MR) is 86.7 cm³/mol. The van der Waals surface area contributed by atoms with Gasteiger partial charge < -0.3 is 10.6 Å². The van der Waals surface area contributed by atoms with E-state index in [4.69, 9.17) is 5.73 Å². The van der Waals surface area contributed by atoms with Gasteiger partial charge in [0.2, 0.25) is 0 Å². The van der Waals surface area contributed by atoms with Gasteiger partial charge in [0.25, 0.3) is 0 Å². The molecule has 1 aliphatic rings. The Morgan fingerprint density at radius 1 is 1.20 bits per heavy atom. The third-order valence-corrected chi connectivity index (χ3v) is 4.92. The number of hydrogen-bond donors (Lipinski definition) is 1. The van der Waals surface area contributed by atoms with Crippen LogP contribution in [0.5, 0.6) is 0 Å². The zero-order chi connectivity index (χ0) is 14.5. The van der Waals surface area contributed by atoms with Gasteiger partial charge in [0.1, 0.15) is 0 Å². The van der Waals surface area contributed by atoms with Gasteiger partial charge in [0, 0.05) is 6.04 Å². The summed E-state index contributed by atoms with van der Waals surface area (Å²) in [5, 5.41) is 0. The van der Waals surface area contributed by atoms with E-state index < -0.39 is 0 Å². The third kappa shape index (κ3) is 4.07. The minimum absolute atomic E-state index is 0.180. The van der Waals surface area contributed by atoms with Crippen LogP contribution in [0.15, 0.2) is 24.3 Å². The Balaban J connectivity index is 1.78. The largest absolute Gasteiger partial charge is 0.324 e. The summed E-state index contributed by atoms with van der Waals surface area (Å²) in [4.78, 5) is 2.59. The molecule has 1 aromatic carbocycles. The molecular weight excluding hydrogens is 244 g/mol. The summed E-state index contributed by atoms with van der Waals surface area (Å²) < 4.78 is 0. The van der Waals surface area contributed by atoms with Crippen molar-refractivity contribution in [1.29, 1.82) is 0 Å². The molecule has 0 radical (unpaired) electrons. The quantitative estimate of drug-likeness (QED) is 0.886. The molecule has 0 spiro atoms. The average molecular weight is 274 g/mol. The maximum atomic E-state index is 6.36. The molecule has 1 unspecified atom stereocenters. The van der Waals surface area contributed by atoms with E-state index in [1.165, 1.54) is 37.1 Å². The molecule has 1 atom stereocenters. The highest BCUT2D eigenvalue weighted by atomic mass is 15.1. The maximum Gasteiger partial charge on any atom is 0.0309 e. The monoisotopic (exact) mass is 274 g/mol. The zero-order valence-corrected chi connectivity index (χ0v) is 13.3. The number of nitrogens with two attached hydrogens (primary N) is 1. The van der Waals surface area contributed by atoms with Gasteiger partial charge in [-0.2, -0.15) is 0 Å². The lowest BCUT2D eigenvalue weighted by Crippen LogP contribution is -2.36. The second kappa shape index (κ2) is 7.24. The molecule has 0 aliphatic carbocycles. The molecule has 112 valence electrons. The number of benzene rings is 1. The molecule has 0 aromatic heterocycles. The molecule has 1 heterocycles. The number of aryl methyl sites for hydroxylation is 1. The first-order valence-corrected chi connectivity index (χ1v) is 8.11. The average Bonchev–Trinajstić information content (AvgIpc) is 2.45. The Labute approximate surface area is 124 Å². The van der Waals surface area contributed by atoms with E-state index in [2.05, 4.69) is 49.9 Å². The van der Waals surface area contributed by atoms with E-state index in [-0.39, 0.29) is 6.04 Å². The van der Waals surface area contributed by atoms with Crippen molar-refractivity contribution in [2.24, 2.45) is 17.6 Å². The van der Waals surface area contributed by atoms with Crippen LogP contribution in [-0.4, -0.2) is 24.5 Å². The van der Waals surface area contributed by atoms with Gasteiger partial charge in [-0.25, -0.2) is 0 Å². The van der Waals surface area contributed by atoms with Crippen LogP contribution in [0.1, 0.15) is 50.3 Å². The van der Waals surface area contributed by atoms with Crippen LogP contribution in [0.25, 0.3) is 0 Å². The molecule has 20 heavy (non-hydrogen) atoms. The molecule has 2 nitrogen and oxygen atoms in total. The smallest absolute Gasteiger partial charge is 0.0309 e. The number of rotatable bonds is 5. The van der Waals surface area contributed by atoms with E-state index in [1.54, 1.807) is 0 Å². The highest BCUT2D eigenvalue weighted by Gasteiger charge is 2.21. The lowest BCUT2D eigenvalue weighted by Gasteiger charge is -2.34. The van der Waals surface area contributed by atoms with Crippen LogP contribution < -0.4 is 5.73 Å². The fraction of sp³-hybridized carbons (Fsp3) is 0.667. The van der Waals surface area contributed by atoms with Gasteiger partial charge in [-0.1, -0.05) is 38.1 Å². The summed E-state index contributed by atoms with van der Waals surface area (Å²) in [6.45, 7) is 10.5. The van der Waals surface area contributed by atoms with Crippen molar-refractivity contribution >= 4 is 0 Å². The van der Waals surface area contributed by atoms with Crippen molar-refractivity contribution in [1.82, 2.24) is 4.90 Å². The number of hydrogen-bond acceptors (Lipinski definition) is 2. The number of nitrogens with zero attached hydrogens (tertiary/aromatic N) is 1. The highest BCUT2D eigenvalue weighted by molar-refractivity contribution is 5.28. The van der Waals surface area contributed by atoms with Gasteiger partial charge in [0.15, 0.2) is 0 Å². The molecule has 2 rings (SSSR count). The highest BCUT2D eigenvalue weighted by Crippen LogP contribution is 2.25. The number of piperidine rings is 1. The van der Waals surface area contributed by atoms with Crippen LogP contribution >= 0.6 is 0 Å². The van der Waals surface area contributed by atoms with Gasteiger partial charge in [0.05, 0.1) is 0 Å². The van der Waals surface area contributed by atoms with E-state index in [9.17, 15) is 0 Å². The normalized spacial score (nSPS) is 19.4. The van der Waals surface area contributed by atoms with Gasteiger partial charge in [-0.3, -0.25) is 0 Å². The molecule has 0 amide bonds. The summed E-state index contributed by atoms with van der Waals surface area (Å²) in [7, 11) is 0. The van der Waals surface area contributed by atoms with Crippen molar-refractivity contribution in [3.05, 3.63) is 35.4 Å². The van der Waals surface area contributed by atoms with Crippen molar-refractivity contribution in [2.45, 2.75) is 46.1 Å². The van der Waals surface area contributed by atoms with Crippen molar-refractivity contribution in [3.8, 4) is 0 Å². The fourth-order valence-corrected chi connectivity index (χ4v) is 3.32. The second-order valence-electron chi connectivity index (χ2n) is 6.67. The Hall–Kier alpha value is -0.860. The molecule has 0 bridgehead atoms. The van der Waals surface area contributed by atoms with Crippen molar-refractivity contribution in [2.75, 3.05) is 19.6 Å². The van der Waals surface area contributed by atoms with Crippen LogP contribution in [0.3, 0.4) is 0 Å². The first-order valence-electron chi connectivity index (χ1n) is 8.11. The van der Waals surface area contributed by atoms with Crippen molar-refractivity contribution < 1.29 is 0 Å². The fourth-order valence-electron chi connectivity index (χ4n) is 3.32.